The molecule has 1 amide bonds. The van der Waals surface area contributed by atoms with Crippen LogP contribution < -0.4 is 5.32 Å². The summed E-state index contributed by atoms with van der Waals surface area (Å²) in [7, 11) is 0. The van der Waals surface area contributed by atoms with Crippen LogP contribution in [0.25, 0.3) is 11.3 Å². The smallest absolute Gasteiger partial charge is 0.339 e. The summed E-state index contributed by atoms with van der Waals surface area (Å²) in [4.78, 5) is 23.2. The lowest BCUT2D eigenvalue weighted by molar-refractivity contribution is -0.115. The number of aryl methyl sites for hydroxylation is 1. The third-order valence-corrected chi connectivity index (χ3v) is 3.93. The van der Waals surface area contributed by atoms with Gasteiger partial charge in [0.15, 0.2) is 0 Å². The van der Waals surface area contributed by atoms with E-state index < -0.39 is 5.97 Å². The van der Waals surface area contributed by atoms with E-state index in [2.05, 4.69) is 25.7 Å². The number of carboxylic acid groups (broad SMARTS) is 1. The van der Waals surface area contributed by atoms with Crippen molar-refractivity contribution in [1.82, 2.24) is 0 Å². The molecule has 0 aliphatic carbocycles. The van der Waals surface area contributed by atoms with Crippen LogP contribution in [0.5, 0.6) is 11.5 Å². The van der Waals surface area contributed by atoms with E-state index in [1.807, 2.05) is 6.92 Å². The van der Waals surface area contributed by atoms with E-state index in [0.717, 1.165) is 0 Å². The highest BCUT2D eigenvalue weighted by molar-refractivity contribution is 5.93. The molecule has 0 saturated carbocycles. The summed E-state index contributed by atoms with van der Waals surface area (Å²) in [6.45, 7) is 11.1. The number of phenols is 2. The van der Waals surface area contributed by atoms with E-state index >= 15 is 0 Å². The largest absolute Gasteiger partial charge is 0.508 e. The molecule has 2 aromatic carbocycles. The molecule has 0 saturated heterocycles. The number of hydrogen-bond donors (Lipinski definition) is 4. The molecule has 0 unspecified atom stereocenters. The number of rotatable bonds is 5. The molecule has 3 aromatic rings. The lowest BCUT2D eigenvalue weighted by atomic mass is 10.1. The molecule has 0 bridgehead atoms. The number of amides is 1. The first-order valence-electron chi connectivity index (χ1n) is 10.5. The van der Waals surface area contributed by atoms with Crippen molar-refractivity contribution in [2.75, 3.05) is 5.32 Å². The second kappa shape index (κ2) is 13.4. The molecule has 0 aliphatic heterocycles. The number of benzene rings is 2. The maximum Gasteiger partial charge on any atom is 0.339 e. The van der Waals surface area contributed by atoms with Gasteiger partial charge < -0.3 is 25.1 Å². The number of aromatic hydroxyl groups is 2. The molecule has 0 aliphatic rings. The second-order valence-corrected chi connectivity index (χ2v) is 7.16. The molecule has 4 N–H and O–H groups in total. The van der Waals surface area contributed by atoms with Crippen LogP contribution in [0.4, 0.5) is 5.69 Å². The summed E-state index contributed by atoms with van der Waals surface area (Å²) >= 11 is 0. The Kier molecular flexibility index (Phi) is 11.0. The molecule has 33 heavy (non-hydrogen) atoms. The maximum atomic E-state index is 12.1. The molecule has 3 rings (SSSR count). The lowest BCUT2D eigenvalue weighted by Crippen LogP contribution is -2.14. The van der Waals surface area contributed by atoms with Gasteiger partial charge >= 0.3 is 5.97 Å². The third-order valence-electron chi connectivity index (χ3n) is 3.93. The van der Waals surface area contributed by atoms with Crippen LogP contribution in [-0.2, 0) is 11.2 Å². The monoisotopic (exact) mass is 453 g/mol. The number of nitrogens with one attached hydrogen (secondary N) is 1. The average Bonchev–Trinajstić information content (AvgIpc) is 3.11. The lowest BCUT2D eigenvalue weighted by Gasteiger charge is -2.07. The highest BCUT2D eigenvalue weighted by atomic mass is 16.4. The van der Waals surface area contributed by atoms with Crippen LogP contribution in [0.3, 0.4) is 0 Å². The van der Waals surface area contributed by atoms with Gasteiger partial charge in [0.25, 0.3) is 0 Å². The van der Waals surface area contributed by atoms with Gasteiger partial charge in [-0.15, -0.1) is 6.58 Å². The van der Waals surface area contributed by atoms with Crippen molar-refractivity contribution < 1.29 is 29.3 Å². The van der Waals surface area contributed by atoms with Gasteiger partial charge in [-0.05, 0) is 61.9 Å². The van der Waals surface area contributed by atoms with Crippen LogP contribution in [-0.4, -0.2) is 27.2 Å². The molecule has 1 heterocycles. The van der Waals surface area contributed by atoms with Gasteiger partial charge in [-0.3, -0.25) is 4.79 Å². The van der Waals surface area contributed by atoms with E-state index in [1.54, 1.807) is 37.3 Å². The summed E-state index contributed by atoms with van der Waals surface area (Å²) in [5.41, 5.74) is 1.82. The normalized spacial score (nSPS) is 9.58. The number of phenolic OH excluding ortho intramolecular Hbond substituents is 2. The first-order chi connectivity index (χ1) is 15.6. The minimum Gasteiger partial charge on any atom is -0.508 e. The summed E-state index contributed by atoms with van der Waals surface area (Å²) in [5, 5.41) is 30.7. The van der Waals surface area contributed by atoms with Gasteiger partial charge in [0.1, 0.15) is 28.6 Å². The molecule has 7 heteroatoms. The first-order valence-corrected chi connectivity index (χ1v) is 10.5. The Balaban J connectivity index is 0.000000819. The molecular formula is C26H31NO6. The molecule has 0 spiro atoms. The van der Waals surface area contributed by atoms with E-state index in [9.17, 15) is 19.8 Å². The fraction of sp³-hybridized carbons (Fsp3) is 0.231. The molecular weight excluding hydrogens is 422 g/mol. The van der Waals surface area contributed by atoms with Crippen molar-refractivity contribution in [3.05, 3.63) is 78.1 Å². The Morgan fingerprint density at radius 2 is 1.55 bits per heavy atom. The zero-order valence-electron chi connectivity index (χ0n) is 19.4. The Hall–Kier alpha value is -4.00. The predicted octanol–water partition coefficient (Wildman–Crippen LogP) is 6.15. The quantitative estimate of drug-likeness (QED) is 0.344. The Bertz CT molecular complexity index is 1050. The van der Waals surface area contributed by atoms with Gasteiger partial charge in [-0.1, -0.05) is 26.3 Å². The minimum absolute atomic E-state index is 0.0109. The highest BCUT2D eigenvalue weighted by Gasteiger charge is 2.15. The van der Waals surface area contributed by atoms with Crippen molar-refractivity contribution in [2.24, 2.45) is 0 Å². The van der Waals surface area contributed by atoms with Crippen molar-refractivity contribution in [3.63, 3.8) is 0 Å². The van der Waals surface area contributed by atoms with Crippen molar-refractivity contribution >= 4 is 17.6 Å². The van der Waals surface area contributed by atoms with Crippen molar-refractivity contribution in [1.29, 1.82) is 0 Å². The fourth-order valence-electron chi connectivity index (χ4n) is 2.70. The highest BCUT2D eigenvalue weighted by Crippen LogP contribution is 2.27. The molecule has 0 fully saturated rings. The standard InChI is InChI=1S/C20H17NO6.C3H8.C3H6/c1-11-17(20(25)26)10-18(27-11)13-2-4-14(5-3-13)21-19(24)8-12-6-15(22)9-16(23)7-12;2*1-3-2/h2-7,9-10,22-23H,8H2,1H3,(H,21,24)(H,25,26);3H2,1-2H3;3H,1H2,2H3. The van der Waals surface area contributed by atoms with E-state index in [4.69, 9.17) is 9.52 Å². The Morgan fingerprint density at radius 3 is 2.00 bits per heavy atom. The van der Waals surface area contributed by atoms with Crippen LogP contribution >= 0.6 is 0 Å². The third kappa shape index (κ3) is 8.95. The number of furan rings is 1. The number of allylic oxidation sites excluding steroid dienone is 1. The second-order valence-electron chi connectivity index (χ2n) is 7.16. The molecule has 0 atom stereocenters. The SMILES string of the molecule is C=CC.CCC.Cc1oc(-c2ccc(NC(=O)Cc3cc(O)cc(O)c3)cc2)cc1C(=O)O. The van der Waals surface area contributed by atoms with Crippen molar-refractivity contribution in [2.45, 2.75) is 40.5 Å². The van der Waals surface area contributed by atoms with Gasteiger partial charge in [-0.25, -0.2) is 4.79 Å². The molecule has 1 aromatic heterocycles. The predicted molar refractivity (Wildman–Crippen MR) is 130 cm³/mol. The zero-order chi connectivity index (χ0) is 25.0. The first kappa shape index (κ1) is 27.0. The van der Waals surface area contributed by atoms with Gasteiger partial charge in [0.05, 0.1) is 6.42 Å². The van der Waals surface area contributed by atoms with Crippen LogP contribution in [0.1, 0.15) is 48.9 Å². The van der Waals surface area contributed by atoms with E-state index in [-0.39, 0.29) is 29.4 Å². The summed E-state index contributed by atoms with van der Waals surface area (Å²) < 4.78 is 5.47. The van der Waals surface area contributed by atoms with Gasteiger partial charge in [-0.2, -0.15) is 0 Å². The van der Waals surface area contributed by atoms with Crippen LogP contribution in [0, 0.1) is 6.92 Å². The summed E-state index contributed by atoms with van der Waals surface area (Å²) in [6.07, 6.45) is 2.99. The number of carboxylic acids is 1. The molecule has 0 radical (unpaired) electrons. The molecule has 176 valence electrons. The van der Waals surface area contributed by atoms with E-state index in [1.165, 1.54) is 30.7 Å². The van der Waals surface area contributed by atoms with Gasteiger partial charge in [0.2, 0.25) is 5.91 Å². The van der Waals surface area contributed by atoms with Crippen LogP contribution in [0.15, 0.2) is 65.6 Å². The maximum absolute atomic E-state index is 12.1. The Morgan fingerprint density at radius 1 is 1.03 bits per heavy atom. The number of carbonyl (C=O) groups excluding carboxylic acids is 1. The number of anilines is 1. The summed E-state index contributed by atoms with van der Waals surface area (Å²) in [6, 6.07) is 12.2. The Labute approximate surface area is 194 Å². The average molecular weight is 454 g/mol. The summed E-state index contributed by atoms with van der Waals surface area (Å²) in [5.74, 6) is -0.838. The van der Waals surface area contributed by atoms with Crippen LogP contribution in [0.2, 0.25) is 0 Å². The van der Waals surface area contributed by atoms with Crippen molar-refractivity contribution in [3.8, 4) is 22.8 Å². The van der Waals surface area contributed by atoms with Gasteiger partial charge in [0, 0.05) is 17.3 Å². The van der Waals surface area contributed by atoms with E-state index in [0.29, 0.717) is 28.3 Å². The topological polar surface area (TPSA) is 120 Å². The zero-order valence-corrected chi connectivity index (χ0v) is 19.4. The minimum atomic E-state index is -1.05. The number of carbonyl (C=O) groups is 2. The number of aromatic carboxylic acids is 1. The fourth-order valence-corrected chi connectivity index (χ4v) is 2.70. The molecule has 7 nitrogen and oxygen atoms in total. The number of hydrogen-bond acceptors (Lipinski definition) is 5.